The number of methoxy groups -OCH3 is 1. The fourth-order valence-electron chi connectivity index (χ4n) is 1.66. The quantitative estimate of drug-likeness (QED) is 0.865. The fraction of sp³-hybridized carbons (Fsp3) is 0.231. The van der Waals surface area contributed by atoms with Crippen LogP contribution in [0.1, 0.15) is 12.2 Å². The predicted molar refractivity (Wildman–Crippen MR) is 64.3 cm³/mol. The lowest BCUT2D eigenvalue weighted by Crippen LogP contribution is -2.02. The predicted octanol–water partition coefficient (Wildman–Crippen LogP) is 2.46. The first-order chi connectivity index (χ1) is 9.10. The van der Waals surface area contributed by atoms with Crippen LogP contribution in [0, 0.1) is 11.6 Å². The maximum absolute atomic E-state index is 13.6. The number of halogens is 2. The second-order valence-corrected chi connectivity index (χ2v) is 3.94. The van der Waals surface area contributed by atoms with E-state index in [1.54, 1.807) is 0 Å². The van der Waals surface area contributed by atoms with Crippen molar-refractivity contribution in [1.29, 1.82) is 0 Å². The van der Waals surface area contributed by atoms with Crippen molar-refractivity contribution in [3.05, 3.63) is 41.9 Å². The van der Waals surface area contributed by atoms with Gasteiger partial charge in [0.1, 0.15) is 17.5 Å². The van der Waals surface area contributed by atoms with Crippen molar-refractivity contribution in [3.8, 4) is 11.3 Å². The van der Waals surface area contributed by atoms with Crippen molar-refractivity contribution in [1.82, 2.24) is 9.97 Å². The minimum Gasteiger partial charge on any atom is -0.469 e. The molecule has 1 aromatic carbocycles. The number of hydrogen-bond acceptors (Lipinski definition) is 3. The number of hydrogen-bond donors (Lipinski definition) is 1. The third-order valence-corrected chi connectivity index (χ3v) is 2.64. The fourth-order valence-corrected chi connectivity index (χ4v) is 1.66. The van der Waals surface area contributed by atoms with Crippen LogP contribution >= 0.6 is 0 Å². The van der Waals surface area contributed by atoms with E-state index in [-0.39, 0.29) is 18.0 Å². The first kappa shape index (κ1) is 13.2. The van der Waals surface area contributed by atoms with Gasteiger partial charge in [-0.1, -0.05) is 0 Å². The number of rotatable bonds is 4. The van der Waals surface area contributed by atoms with Crippen LogP contribution in [0.25, 0.3) is 11.3 Å². The average Bonchev–Trinajstić information content (AvgIpc) is 2.84. The van der Waals surface area contributed by atoms with Crippen LogP contribution in [-0.4, -0.2) is 23.0 Å². The molecule has 0 unspecified atom stereocenters. The van der Waals surface area contributed by atoms with Crippen LogP contribution in [0.3, 0.4) is 0 Å². The highest BCUT2D eigenvalue weighted by atomic mass is 19.1. The second-order valence-electron chi connectivity index (χ2n) is 3.94. The Balaban J connectivity index is 2.14. The number of aryl methyl sites for hydroxylation is 1. The van der Waals surface area contributed by atoms with Gasteiger partial charge in [-0.05, 0) is 12.1 Å². The van der Waals surface area contributed by atoms with Crippen molar-refractivity contribution in [2.45, 2.75) is 12.8 Å². The van der Waals surface area contributed by atoms with Gasteiger partial charge in [0.05, 0.1) is 25.4 Å². The summed E-state index contributed by atoms with van der Waals surface area (Å²) in [5.74, 6) is -1.09. The van der Waals surface area contributed by atoms with Crippen LogP contribution in [0.2, 0.25) is 0 Å². The van der Waals surface area contributed by atoms with Crippen molar-refractivity contribution in [2.75, 3.05) is 7.11 Å². The van der Waals surface area contributed by atoms with Crippen molar-refractivity contribution < 1.29 is 18.3 Å². The highest BCUT2D eigenvalue weighted by Crippen LogP contribution is 2.21. The van der Waals surface area contributed by atoms with E-state index in [1.807, 2.05) is 0 Å². The Morgan fingerprint density at radius 2 is 2.21 bits per heavy atom. The number of esters is 1. The SMILES string of the molecule is COC(=O)CCc1ncc(-c2ccc(F)cc2F)[nH]1. The zero-order chi connectivity index (χ0) is 13.8. The van der Waals surface area contributed by atoms with E-state index in [4.69, 9.17) is 0 Å². The van der Waals surface area contributed by atoms with E-state index >= 15 is 0 Å². The van der Waals surface area contributed by atoms with E-state index in [1.165, 1.54) is 25.4 Å². The minimum absolute atomic E-state index is 0.190. The summed E-state index contributed by atoms with van der Waals surface area (Å²) < 4.78 is 30.9. The highest BCUT2D eigenvalue weighted by Gasteiger charge is 2.10. The number of nitrogens with one attached hydrogen (secondary N) is 1. The van der Waals surface area contributed by atoms with Gasteiger partial charge in [0.25, 0.3) is 0 Å². The maximum atomic E-state index is 13.6. The van der Waals surface area contributed by atoms with Crippen LogP contribution in [0.15, 0.2) is 24.4 Å². The van der Waals surface area contributed by atoms with Crippen LogP contribution in [-0.2, 0) is 16.0 Å². The largest absolute Gasteiger partial charge is 0.469 e. The van der Waals surface area contributed by atoms with Crippen LogP contribution < -0.4 is 0 Å². The lowest BCUT2D eigenvalue weighted by atomic mass is 10.1. The second kappa shape index (κ2) is 5.60. The Morgan fingerprint density at radius 3 is 2.89 bits per heavy atom. The summed E-state index contributed by atoms with van der Waals surface area (Å²) in [4.78, 5) is 17.9. The Morgan fingerprint density at radius 1 is 1.42 bits per heavy atom. The molecule has 0 bridgehead atoms. The Kier molecular flexibility index (Phi) is 3.89. The van der Waals surface area contributed by atoms with E-state index < -0.39 is 11.6 Å². The first-order valence-corrected chi connectivity index (χ1v) is 5.66. The summed E-state index contributed by atoms with van der Waals surface area (Å²) in [5.41, 5.74) is 0.676. The maximum Gasteiger partial charge on any atom is 0.305 e. The number of benzene rings is 1. The van der Waals surface area contributed by atoms with Gasteiger partial charge in [0.2, 0.25) is 0 Å². The molecular weight excluding hydrogens is 254 g/mol. The molecule has 2 aromatic rings. The van der Waals surface area contributed by atoms with Gasteiger partial charge < -0.3 is 9.72 Å². The molecule has 0 fully saturated rings. The third kappa shape index (κ3) is 3.15. The summed E-state index contributed by atoms with van der Waals surface area (Å²) in [7, 11) is 1.31. The molecule has 0 saturated carbocycles. The van der Waals surface area contributed by atoms with Gasteiger partial charge in [-0.25, -0.2) is 13.8 Å². The molecular formula is C13H12F2N2O2. The number of carbonyl (C=O) groups excluding carboxylic acids is 1. The van der Waals surface area contributed by atoms with Gasteiger partial charge >= 0.3 is 5.97 Å². The topological polar surface area (TPSA) is 55.0 Å². The molecule has 1 heterocycles. The van der Waals surface area contributed by atoms with Gasteiger partial charge in [-0.15, -0.1) is 0 Å². The highest BCUT2D eigenvalue weighted by molar-refractivity contribution is 5.69. The first-order valence-electron chi connectivity index (χ1n) is 5.66. The molecule has 2 rings (SSSR count). The molecule has 0 aliphatic rings. The molecule has 1 aromatic heterocycles. The number of aromatic nitrogens is 2. The van der Waals surface area contributed by atoms with Gasteiger partial charge in [-0.3, -0.25) is 4.79 Å². The van der Waals surface area contributed by atoms with Gasteiger partial charge in [0, 0.05) is 18.1 Å². The molecule has 1 N–H and O–H groups in total. The van der Waals surface area contributed by atoms with E-state index in [9.17, 15) is 13.6 Å². The van der Waals surface area contributed by atoms with E-state index in [0.29, 0.717) is 17.9 Å². The molecule has 4 nitrogen and oxygen atoms in total. The van der Waals surface area contributed by atoms with Crippen LogP contribution in [0.4, 0.5) is 8.78 Å². The molecule has 0 radical (unpaired) electrons. The molecule has 0 amide bonds. The number of carbonyl (C=O) groups is 1. The molecule has 0 spiro atoms. The molecule has 0 aliphatic heterocycles. The molecule has 0 saturated heterocycles. The van der Waals surface area contributed by atoms with Gasteiger partial charge in [0.15, 0.2) is 0 Å². The molecule has 6 heteroatoms. The summed E-state index contributed by atoms with van der Waals surface area (Å²) >= 11 is 0. The summed E-state index contributed by atoms with van der Waals surface area (Å²) in [5, 5.41) is 0. The van der Waals surface area contributed by atoms with Crippen LogP contribution in [0.5, 0.6) is 0 Å². The van der Waals surface area contributed by atoms with E-state index in [0.717, 1.165) is 6.07 Å². The van der Waals surface area contributed by atoms with Crippen molar-refractivity contribution in [3.63, 3.8) is 0 Å². The monoisotopic (exact) mass is 266 g/mol. The Hall–Kier alpha value is -2.24. The number of H-pyrrole nitrogens is 1. The molecule has 100 valence electrons. The van der Waals surface area contributed by atoms with Crippen molar-refractivity contribution >= 4 is 5.97 Å². The zero-order valence-corrected chi connectivity index (χ0v) is 10.2. The van der Waals surface area contributed by atoms with Crippen molar-refractivity contribution in [2.24, 2.45) is 0 Å². The standard InChI is InChI=1S/C13H12F2N2O2/c1-19-13(18)5-4-12-16-7-11(17-12)9-3-2-8(14)6-10(9)15/h2-3,6-7H,4-5H2,1H3,(H,16,17). The molecule has 0 aliphatic carbocycles. The normalized spacial score (nSPS) is 10.5. The van der Waals surface area contributed by atoms with E-state index in [2.05, 4.69) is 14.7 Å². The number of imidazole rings is 1. The number of aromatic amines is 1. The number of ether oxygens (including phenoxy) is 1. The van der Waals surface area contributed by atoms with Gasteiger partial charge in [-0.2, -0.15) is 0 Å². The Bertz CT molecular complexity index is 596. The number of nitrogens with zero attached hydrogens (tertiary/aromatic N) is 1. The smallest absolute Gasteiger partial charge is 0.305 e. The average molecular weight is 266 g/mol. The summed E-state index contributed by atoms with van der Waals surface area (Å²) in [6, 6.07) is 3.32. The summed E-state index contributed by atoms with van der Waals surface area (Å²) in [6.07, 6.45) is 2.01. The minimum atomic E-state index is -0.664. The zero-order valence-electron chi connectivity index (χ0n) is 10.2. The lowest BCUT2D eigenvalue weighted by molar-refractivity contribution is -0.140. The summed E-state index contributed by atoms with van der Waals surface area (Å²) in [6.45, 7) is 0. The Labute approximate surface area is 108 Å². The third-order valence-electron chi connectivity index (χ3n) is 2.64. The lowest BCUT2D eigenvalue weighted by Gasteiger charge is -2.00. The molecule has 19 heavy (non-hydrogen) atoms. The molecule has 0 atom stereocenters.